The Balaban J connectivity index is 1.84. The number of hydrogen-bond acceptors (Lipinski definition) is 4. The van der Waals surface area contributed by atoms with Crippen LogP contribution in [0.25, 0.3) is 0 Å². The highest BCUT2D eigenvalue weighted by Gasteiger charge is 2.09. The molecule has 1 N–H and O–H groups in total. The summed E-state index contributed by atoms with van der Waals surface area (Å²) in [4.78, 5) is 23.6. The molecular formula is C17H17NO4. The third-order valence-electron chi connectivity index (χ3n) is 3.00. The normalized spacial score (nSPS) is 9.91. The van der Waals surface area contributed by atoms with Crippen LogP contribution in [0.4, 0.5) is 0 Å². The summed E-state index contributed by atoms with van der Waals surface area (Å²) in [6, 6.07) is 13.7. The smallest absolute Gasteiger partial charge is 0.330 e. The molecular weight excluding hydrogens is 282 g/mol. The van der Waals surface area contributed by atoms with Crippen LogP contribution >= 0.6 is 0 Å². The fraction of sp³-hybridized carbons (Fsp3) is 0.176. The highest BCUT2D eigenvalue weighted by atomic mass is 16.5. The third-order valence-corrected chi connectivity index (χ3v) is 3.00. The minimum absolute atomic E-state index is 0.196. The molecule has 2 rings (SSSR count). The number of methoxy groups -OCH3 is 1. The second-order valence-electron chi connectivity index (χ2n) is 4.70. The Morgan fingerprint density at radius 2 is 1.55 bits per heavy atom. The van der Waals surface area contributed by atoms with Crippen LogP contribution in [0.5, 0.6) is 11.5 Å². The molecule has 0 aliphatic heterocycles. The van der Waals surface area contributed by atoms with Gasteiger partial charge in [0.05, 0.1) is 7.11 Å². The summed E-state index contributed by atoms with van der Waals surface area (Å²) in [5.41, 5.74) is 1.52. The van der Waals surface area contributed by atoms with Gasteiger partial charge in [-0.25, -0.2) is 4.79 Å². The lowest BCUT2D eigenvalue weighted by Crippen LogP contribution is -2.31. The molecule has 22 heavy (non-hydrogen) atoms. The number of hydrogen-bond donors (Lipinski definition) is 1. The van der Waals surface area contributed by atoms with Crippen LogP contribution in [0.2, 0.25) is 0 Å². The maximum Gasteiger partial charge on any atom is 0.330 e. The van der Waals surface area contributed by atoms with Gasteiger partial charge in [-0.15, -0.1) is 0 Å². The summed E-state index contributed by atoms with van der Waals surface area (Å²) in [6.45, 7) is 1.75. The maximum absolute atomic E-state index is 11.9. The van der Waals surface area contributed by atoms with Crippen molar-refractivity contribution in [2.45, 2.75) is 6.92 Å². The minimum Gasteiger partial charge on any atom is -0.497 e. The van der Waals surface area contributed by atoms with E-state index < -0.39 is 5.97 Å². The predicted octanol–water partition coefficient (Wildman–Crippen LogP) is 2.34. The van der Waals surface area contributed by atoms with Crippen LogP contribution in [-0.4, -0.2) is 25.5 Å². The molecule has 2 aromatic carbocycles. The Kier molecular flexibility index (Phi) is 5.14. The quantitative estimate of drug-likeness (QED) is 0.680. The van der Waals surface area contributed by atoms with Crippen molar-refractivity contribution in [2.24, 2.45) is 0 Å². The van der Waals surface area contributed by atoms with Crippen LogP contribution in [-0.2, 0) is 4.79 Å². The molecule has 0 aromatic heterocycles. The highest BCUT2D eigenvalue weighted by Crippen LogP contribution is 2.12. The Morgan fingerprint density at radius 1 is 0.955 bits per heavy atom. The number of benzene rings is 2. The molecule has 0 heterocycles. The molecule has 0 saturated carbocycles. The molecule has 0 unspecified atom stereocenters. The van der Waals surface area contributed by atoms with E-state index in [-0.39, 0.29) is 12.5 Å². The molecule has 0 fully saturated rings. The molecule has 0 aliphatic carbocycles. The largest absolute Gasteiger partial charge is 0.497 e. The van der Waals surface area contributed by atoms with Crippen molar-refractivity contribution in [1.29, 1.82) is 0 Å². The molecule has 2 aromatic rings. The number of carbonyl (C=O) groups is 2. The second-order valence-corrected chi connectivity index (χ2v) is 4.70. The number of rotatable bonds is 5. The fourth-order valence-corrected chi connectivity index (χ4v) is 1.77. The van der Waals surface area contributed by atoms with Gasteiger partial charge in [0.1, 0.15) is 18.0 Å². The van der Waals surface area contributed by atoms with Crippen molar-refractivity contribution >= 4 is 11.9 Å². The minimum atomic E-state index is -0.522. The lowest BCUT2D eigenvalue weighted by molar-refractivity contribution is -0.133. The van der Waals surface area contributed by atoms with Crippen molar-refractivity contribution in [1.82, 2.24) is 5.32 Å². The number of amides is 1. The standard InChI is InChI=1S/C17H17NO4/c1-12-3-7-15(8-4-12)22-16(19)11-18-17(20)13-5-9-14(21-2)10-6-13/h3-10H,11H2,1-2H3,(H,18,20). The summed E-state index contributed by atoms with van der Waals surface area (Å²) in [5, 5.41) is 2.51. The number of aryl methyl sites for hydroxylation is 1. The third kappa shape index (κ3) is 4.34. The van der Waals surface area contributed by atoms with E-state index in [0.717, 1.165) is 5.56 Å². The second kappa shape index (κ2) is 7.26. The first-order valence-electron chi connectivity index (χ1n) is 6.78. The van der Waals surface area contributed by atoms with Crippen LogP contribution < -0.4 is 14.8 Å². The van der Waals surface area contributed by atoms with Gasteiger partial charge < -0.3 is 14.8 Å². The first-order valence-corrected chi connectivity index (χ1v) is 6.78. The molecule has 0 radical (unpaired) electrons. The summed E-state index contributed by atoms with van der Waals surface area (Å²) >= 11 is 0. The number of nitrogens with one attached hydrogen (secondary N) is 1. The Labute approximate surface area is 128 Å². The van der Waals surface area contributed by atoms with Crippen molar-refractivity contribution in [3.05, 3.63) is 59.7 Å². The summed E-state index contributed by atoms with van der Waals surface area (Å²) < 4.78 is 10.1. The fourth-order valence-electron chi connectivity index (χ4n) is 1.77. The average molecular weight is 299 g/mol. The van der Waals surface area contributed by atoms with Crippen molar-refractivity contribution in [2.75, 3.05) is 13.7 Å². The zero-order valence-electron chi connectivity index (χ0n) is 12.5. The molecule has 0 bridgehead atoms. The maximum atomic E-state index is 11.9. The summed E-state index contributed by atoms with van der Waals surface area (Å²) in [7, 11) is 1.55. The van der Waals surface area contributed by atoms with Gasteiger partial charge in [-0.3, -0.25) is 4.79 Å². The van der Waals surface area contributed by atoms with Gasteiger partial charge in [0.15, 0.2) is 0 Å². The molecule has 0 atom stereocenters. The highest BCUT2D eigenvalue weighted by molar-refractivity contribution is 5.96. The van der Waals surface area contributed by atoms with Crippen molar-refractivity contribution in [3.8, 4) is 11.5 Å². The lowest BCUT2D eigenvalue weighted by Gasteiger charge is -2.07. The van der Waals surface area contributed by atoms with Crippen molar-refractivity contribution in [3.63, 3.8) is 0 Å². The first kappa shape index (κ1) is 15.6. The van der Waals surface area contributed by atoms with Crippen LogP contribution in [0.15, 0.2) is 48.5 Å². The van der Waals surface area contributed by atoms with E-state index in [2.05, 4.69) is 5.32 Å². The lowest BCUT2D eigenvalue weighted by atomic mass is 10.2. The van der Waals surface area contributed by atoms with E-state index in [9.17, 15) is 9.59 Å². The van der Waals surface area contributed by atoms with Gasteiger partial charge >= 0.3 is 5.97 Å². The average Bonchev–Trinajstić information content (AvgIpc) is 2.55. The van der Waals surface area contributed by atoms with Crippen molar-refractivity contribution < 1.29 is 19.1 Å². The zero-order chi connectivity index (χ0) is 15.9. The Hall–Kier alpha value is -2.82. The Morgan fingerprint density at radius 3 is 2.14 bits per heavy atom. The SMILES string of the molecule is COc1ccc(C(=O)NCC(=O)Oc2ccc(C)cc2)cc1. The molecule has 114 valence electrons. The van der Waals surface area contributed by atoms with Gasteiger partial charge in [-0.05, 0) is 43.3 Å². The molecule has 0 aliphatic rings. The summed E-state index contributed by atoms with van der Waals surface area (Å²) in [5.74, 6) is 0.249. The summed E-state index contributed by atoms with van der Waals surface area (Å²) in [6.07, 6.45) is 0. The number of carbonyl (C=O) groups excluding carboxylic acids is 2. The van der Waals surface area contributed by atoms with Gasteiger partial charge in [-0.2, -0.15) is 0 Å². The zero-order valence-corrected chi connectivity index (χ0v) is 12.5. The van der Waals surface area contributed by atoms with Crippen LogP contribution in [0, 0.1) is 6.92 Å². The molecule has 1 amide bonds. The predicted molar refractivity (Wildman–Crippen MR) is 82.1 cm³/mol. The van der Waals surface area contributed by atoms with E-state index in [4.69, 9.17) is 9.47 Å². The van der Waals surface area contributed by atoms with E-state index in [1.54, 1.807) is 43.5 Å². The van der Waals surface area contributed by atoms with Gasteiger partial charge in [-0.1, -0.05) is 17.7 Å². The first-order chi connectivity index (χ1) is 10.6. The molecule has 0 saturated heterocycles. The topological polar surface area (TPSA) is 64.6 Å². The molecule has 5 nitrogen and oxygen atoms in total. The number of ether oxygens (including phenoxy) is 2. The Bertz CT molecular complexity index is 647. The molecule has 0 spiro atoms. The van der Waals surface area contributed by atoms with E-state index in [1.807, 2.05) is 19.1 Å². The van der Waals surface area contributed by atoms with E-state index >= 15 is 0 Å². The van der Waals surface area contributed by atoms with Crippen LogP contribution in [0.1, 0.15) is 15.9 Å². The van der Waals surface area contributed by atoms with Gasteiger partial charge in [0.2, 0.25) is 0 Å². The van der Waals surface area contributed by atoms with E-state index in [1.165, 1.54) is 0 Å². The molecule has 5 heteroatoms. The number of esters is 1. The van der Waals surface area contributed by atoms with Crippen LogP contribution in [0.3, 0.4) is 0 Å². The monoisotopic (exact) mass is 299 g/mol. The van der Waals surface area contributed by atoms with E-state index in [0.29, 0.717) is 17.1 Å². The van der Waals surface area contributed by atoms with Gasteiger partial charge in [0, 0.05) is 5.56 Å². The van der Waals surface area contributed by atoms with Gasteiger partial charge in [0.25, 0.3) is 5.91 Å².